The Hall–Kier alpha value is -2.10. The molecule has 0 aliphatic rings. The van der Waals surface area contributed by atoms with Gasteiger partial charge in [0, 0.05) is 18.7 Å². The first kappa shape index (κ1) is 14.3. The number of aromatic nitrogens is 2. The Bertz CT molecular complexity index is 561. The van der Waals surface area contributed by atoms with Crippen LogP contribution in [0.3, 0.4) is 0 Å². The van der Waals surface area contributed by atoms with Gasteiger partial charge in [0.2, 0.25) is 0 Å². The third kappa shape index (κ3) is 3.70. The first-order valence-electron chi connectivity index (χ1n) is 6.87. The summed E-state index contributed by atoms with van der Waals surface area (Å²) in [5.41, 5.74) is 1.88. The second kappa shape index (κ2) is 6.37. The van der Waals surface area contributed by atoms with Gasteiger partial charge in [-0.05, 0) is 31.9 Å². The van der Waals surface area contributed by atoms with Crippen molar-refractivity contribution in [2.45, 2.75) is 32.7 Å². The molecule has 0 bridgehead atoms. The molecule has 0 spiro atoms. The molecule has 0 aliphatic carbocycles. The number of benzene rings is 1. The summed E-state index contributed by atoms with van der Waals surface area (Å²) in [7, 11) is 0. The molecule has 1 heterocycles. The predicted octanol–water partition coefficient (Wildman–Crippen LogP) is 2.95. The average molecular weight is 272 g/mol. The van der Waals surface area contributed by atoms with Gasteiger partial charge < -0.3 is 5.11 Å². The first-order valence-corrected chi connectivity index (χ1v) is 6.87. The molecule has 1 unspecified atom stereocenters. The van der Waals surface area contributed by atoms with E-state index in [-0.39, 0.29) is 0 Å². The minimum atomic E-state index is -0.770. The standard InChI is InChI=1S/C16H20N2O2/c1-12(2)18-9-8-15(17-18)11-14(16(19)20)10-13-6-4-3-5-7-13/h3-9,12,14H,10-11H2,1-2H3,(H,19,20). The highest BCUT2D eigenvalue weighted by Crippen LogP contribution is 2.15. The molecular formula is C16H20N2O2. The van der Waals surface area contributed by atoms with Gasteiger partial charge in [0.1, 0.15) is 0 Å². The molecule has 20 heavy (non-hydrogen) atoms. The number of nitrogens with zero attached hydrogens (tertiary/aromatic N) is 2. The number of carboxylic acids is 1. The molecule has 2 aromatic rings. The van der Waals surface area contributed by atoms with E-state index in [1.54, 1.807) is 0 Å². The molecule has 0 amide bonds. The minimum absolute atomic E-state index is 0.293. The Morgan fingerprint density at radius 1 is 1.20 bits per heavy atom. The van der Waals surface area contributed by atoms with E-state index in [1.807, 2.05) is 47.3 Å². The van der Waals surface area contributed by atoms with Crippen molar-refractivity contribution < 1.29 is 9.90 Å². The number of rotatable bonds is 6. The summed E-state index contributed by atoms with van der Waals surface area (Å²) in [6.45, 7) is 4.10. The van der Waals surface area contributed by atoms with E-state index < -0.39 is 11.9 Å². The first-order chi connectivity index (χ1) is 9.56. The van der Waals surface area contributed by atoms with Gasteiger partial charge in [-0.15, -0.1) is 0 Å². The molecule has 1 aromatic heterocycles. The SMILES string of the molecule is CC(C)n1ccc(CC(Cc2ccccc2)C(=O)O)n1. The average Bonchev–Trinajstić information content (AvgIpc) is 2.88. The fraction of sp³-hybridized carbons (Fsp3) is 0.375. The van der Waals surface area contributed by atoms with Crippen LogP contribution in [0.4, 0.5) is 0 Å². The summed E-state index contributed by atoms with van der Waals surface area (Å²) in [4.78, 5) is 11.4. The Kier molecular flexibility index (Phi) is 4.56. The van der Waals surface area contributed by atoms with E-state index in [0.717, 1.165) is 11.3 Å². The van der Waals surface area contributed by atoms with Crippen molar-refractivity contribution in [1.29, 1.82) is 0 Å². The summed E-state index contributed by atoms with van der Waals surface area (Å²) in [5.74, 6) is -1.21. The molecule has 0 fully saturated rings. The Morgan fingerprint density at radius 2 is 1.90 bits per heavy atom. The molecule has 4 nitrogen and oxygen atoms in total. The van der Waals surface area contributed by atoms with Gasteiger partial charge in [-0.3, -0.25) is 9.48 Å². The Morgan fingerprint density at radius 3 is 2.45 bits per heavy atom. The van der Waals surface area contributed by atoms with E-state index in [0.29, 0.717) is 18.9 Å². The second-order valence-corrected chi connectivity index (χ2v) is 5.31. The van der Waals surface area contributed by atoms with Gasteiger partial charge >= 0.3 is 5.97 Å². The lowest BCUT2D eigenvalue weighted by Crippen LogP contribution is -2.19. The van der Waals surface area contributed by atoms with Crippen LogP contribution in [0.25, 0.3) is 0 Å². The predicted molar refractivity (Wildman–Crippen MR) is 77.6 cm³/mol. The number of carboxylic acid groups (broad SMARTS) is 1. The third-order valence-corrected chi connectivity index (χ3v) is 3.32. The van der Waals surface area contributed by atoms with Crippen LogP contribution in [0, 0.1) is 5.92 Å². The van der Waals surface area contributed by atoms with Crippen LogP contribution >= 0.6 is 0 Å². The zero-order valence-electron chi connectivity index (χ0n) is 11.9. The molecule has 0 saturated heterocycles. The maximum absolute atomic E-state index is 11.4. The van der Waals surface area contributed by atoms with Gasteiger partial charge in [-0.2, -0.15) is 5.10 Å². The van der Waals surface area contributed by atoms with Crippen LogP contribution in [0.15, 0.2) is 42.6 Å². The van der Waals surface area contributed by atoms with Crippen LogP contribution in [0.2, 0.25) is 0 Å². The highest BCUT2D eigenvalue weighted by Gasteiger charge is 2.20. The monoisotopic (exact) mass is 272 g/mol. The van der Waals surface area contributed by atoms with Crippen molar-refractivity contribution in [3.63, 3.8) is 0 Å². The van der Waals surface area contributed by atoms with Crippen LogP contribution in [-0.2, 0) is 17.6 Å². The summed E-state index contributed by atoms with van der Waals surface area (Å²) in [6.07, 6.45) is 2.90. The third-order valence-electron chi connectivity index (χ3n) is 3.32. The largest absolute Gasteiger partial charge is 0.481 e. The van der Waals surface area contributed by atoms with E-state index in [1.165, 1.54) is 0 Å². The van der Waals surface area contributed by atoms with Gasteiger partial charge in [0.25, 0.3) is 0 Å². The van der Waals surface area contributed by atoms with Crippen LogP contribution < -0.4 is 0 Å². The molecule has 2 rings (SSSR count). The number of hydrogen-bond acceptors (Lipinski definition) is 2. The van der Waals surface area contributed by atoms with Crippen molar-refractivity contribution in [1.82, 2.24) is 9.78 Å². The van der Waals surface area contributed by atoms with Crippen LogP contribution in [0.1, 0.15) is 31.1 Å². The van der Waals surface area contributed by atoms with Crippen molar-refractivity contribution in [3.8, 4) is 0 Å². The van der Waals surface area contributed by atoms with Gasteiger partial charge in [-0.25, -0.2) is 0 Å². The van der Waals surface area contributed by atoms with E-state index in [4.69, 9.17) is 0 Å². The molecule has 4 heteroatoms. The van der Waals surface area contributed by atoms with Crippen molar-refractivity contribution in [2.24, 2.45) is 5.92 Å². The second-order valence-electron chi connectivity index (χ2n) is 5.31. The molecule has 106 valence electrons. The van der Waals surface area contributed by atoms with Crippen molar-refractivity contribution in [2.75, 3.05) is 0 Å². The topological polar surface area (TPSA) is 55.1 Å². The van der Waals surface area contributed by atoms with E-state index in [9.17, 15) is 9.90 Å². The smallest absolute Gasteiger partial charge is 0.307 e. The van der Waals surface area contributed by atoms with Crippen LogP contribution in [0.5, 0.6) is 0 Å². The fourth-order valence-corrected chi connectivity index (χ4v) is 2.17. The summed E-state index contributed by atoms with van der Waals surface area (Å²) in [5, 5.41) is 13.8. The van der Waals surface area contributed by atoms with Gasteiger partial charge in [-0.1, -0.05) is 30.3 Å². The normalized spacial score (nSPS) is 12.6. The molecule has 1 aromatic carbocycles. The van der Waals surface area contributed by atoms with Crippen LogP contribution in [-0.4, -0.2) is 20.9 Å². The molecule has 1 atom stereocenters. The van der Waals surface area contributed by atoms with Crippen molar-refractivity contribution >= 4 is 5.97 Å². The number of aliphatic carboxylic acids is 1. The quantitative estimate of drug-likeness (QED) is 0.879. The zero-order valence-corrected chi connectivity index (χ0v) is 11.9. The van der Waals surface area contributed by atoms with Crippen molar-refractivity contribution in [3.05, 3.63) is 53.9 Å². The van der Waals surface area contributed by atoms with Gasteiger partial charge in [0.05, 0.1) is 11.6 Å². The number of carbonyl (C=O) groups is 1. The van der Waals surface area contributed by atoms with E-state index >= 15 is 0 Å². The zero-order chi connectivity index (χ0) is 14.5. The maximum atomic E-state index is 11.4. The minimum Gasteiger partial charge on any atom is -0.481 e. The highest BCUT2D eigenvalue weighted by molar-refractivity contribution is 5.70. The molecular weight excluding hydrogens is 252 g/mol. The summed E-state index contributed by atoms with van der Waals surface area (Å²) < 4.78 is 1.86. The summed E-state index contributed by atoms with van der Waals surface area (Å²) >= 11 is 0. The molecule has 1 N–H and O–H groups in total. The molecule has 0 aliphatic heterocycles. The van der Waals surface area contributed by atoms with E-state index in [2.05, 4.69) is 18.9 Å². The lowest BCUT2D eigenvalue weighted by molar-refractivity contribution is -0.141. The molecule has 0 radical (unpaired) electrons. The lowest BCUT2D eigenvalue weighted by atomic mass is 9.95. The Balaban J connectivity index is 2.07. The maximum Gasteiger partial charge on any atom is 0.307 e. The fourth-order valence-electron chi connectivity index (χ4n) is 2.17. The summed E-state index contributed by atoms with van der Waals surface area (Å²) in [6, 6.07) is 11.9. The molecule has 0 saturated carbocycles. The highest BCUT2D eigenvalue weighted by atomic mass is 16.4. The number of hydrogen-bond donors (Lipinski definition) is 1. The Labute approximate surface area is 119 Å². The van der Waals surface area contributed by atoms with Gasteiger partial charge in [0.15, 0.2) is 0 Å². The lowest BCUT2D eigenvalue weighted by Gasteiger charge is -2.11.